The number of carbonyl (C=O) groups excluding carboxylic acids is 1. The van der Waals surface area contributed by atoms with E-state index >= 15 is 0 Å². The average molecular weight is 577 g/mol. The van der Waals surface area contributed by atoms with Gasteiger partial charge >= 0.3 is 13.6 Å². The van der Waals surface area contributed by atoms with Crippen molar-refractivity contribution in [2.24, 2.45) is 0 Å². The lowest BCUT2D eigenvalue weighted by Gasteiger charge is -2.36. The van der Waals surface area contributed by atoms with Gasteiger partial charge in [-0.2, -0.15) is 0 Å². The third-order valence-electron chi connectivity index (χ3n) is 6.39. The Balaban J connectivity index is 2.21. The fourth-order valence-electron chi connectivity index (χ4n) is 4.05. The van der Waals surface area contributed by atoms with Crippen LogP contribution in [0.25, 0.3) is 0 Å². The summed E-state index contributed by atoms with van der Waals surface area (Å²) in [6.07, 6.45) is -0.412. The van der Waals surface area contributed by atoms with Crippen molar-refractivity contribution in [3.8, 4) is 0 Å². The van der Waals surface area contributed by atoms with Gasteiger partial charge in [-0.1, -0.05) is 80.3 Å². The molecule has 8 nitrogen and oxygen atoms in total. The zero-order valence-corrected chi connectivity index (χ0v) is 25.9. The van der Waals surface area contributed by atoms with Gasteiger partial charge in [-0.15, -0.1) is 0 Å². The molecule has 0 heterocycles. The summed E-state index contributed by atoms with van der Waals surface area (Å²) in [5, 5.41) is 11.6. The molecule has 39 heavy (non-hydrogen) atoms. The highest BCUT2D eigenvalue weighted by molar-refractivity contribution is 7.53. The van der Waals surface area contributed by atoms with Crippen molar-refractivity contribution in [1.82, 2.24) is 10.2 Å². The molecule has 0 aliphatic heterocycles. The van der Waals surface area contributed by atoms with Crippen LogP contribution in [0.5, 0.6) is 0 Å². The second-order valence-corrected chi connectivity index (χ2v) is 18.8. The van der Waals surface area contributed by atoms with Gasteiger partial charge in [0.1, 0.15) is 0 Å². The summed E-state index contributed by atoms with van der Waals surface area (Å²) < 4.78 is 25.4. The number of carbonyl (C=O) groups is 2. The smallest absolute Gasteiger partial charge is 0.327 e. The van der Waals surface area contributed by atoms with E-state index in [-0.39, 0.29) is 31.3 Å². The molecule has 1 unspecified atom stereocenters. The van der Waals surface area contributed by atoms with Gasteiger partial charge in [-0.3, -0.25) is 19.1 Å². The van der Waals surface area contributed by atoms with E-state index in [0.717, 1.165) is 17.2 Å². The minimum absolute atomic E-state index is 0.0867. The molecule has 0 radical (unpaired) electrons. The molecule has 0 spiro atoms. The third-order valence-corrected chi connectivity index (χ3v) is 9.40. The predicted molar refractivity (Wildman–Crippen MR) is 159 cm³/mol. The Morgan fingerprint density at radius 2 is 1.51 bits per heavy atom. The summed E-state index contributed by atoms with van der Waals surface area (Å²) in [5.74, 6) is -1.35. The molecule has 216 valence electrons. The van der Waals surface area contributed by atoms with Crippen LogP contribution in [0.3, 0.4) is 0 Å². The van der Waals surface area contributed by atoms with Gasteiger partial charge in [0, 0.05) is 46.8 Å². The molecule has 10 heteroatoms. The maximum Gasteiger partial charge on any atom is 0.327 e. The molecular formula is C29H45N2O6PSi. The number of benzene rings is 2. The molecule has 2 rings (SSSR count). The second kappa shape index (κ2) is 16.1. The lowest BCUT2D eigenvalue weighted by atomic mass is 10.0. The Labute approximate surface area is 234 Å². The van der Waals surface area contributed by atoms with Crippen LogP contribution in [0.1, 0.15) is 37.3 Å². The van der Waals surface area contributed by atoms with Crippen LogP contribution in [0, 0.1) is 0 Å². The van der Waals surface area contributed by atoms with E-state index in [1.165, 1.54) is 6.66 Å². The molecule has 0 aromatic heterocycles. The first-order valence-electron chi connectivity index (χ1n) is 13.6. The first kappa shape index (κ1) is 32.9. The standard InChI is InChI=1S/C29H45N2O6PSi/c1-24(31(22-25-12-8-6-9-13-25)23-26-14-10-7-11-15-26)27(18-19-30-28(32)16-17-29(33)34)37-38(2,35)36-20-21-39(3,4)5/h6-15,24,27H,16-23H2,1-5H3,(H,30,32)(H,33,34)/t24-,27-,38?/m1/s1. The Kier molecular flexibility index (Phi) is 13.6. The summed E-state index contributed by atoms with van der Waals surface area (Å²) >= 11 is 0. The van der Waals surface area contributed by atoms with Crippen LogP contribution in [0.15, 0.2) is 60.7 Å². The van der Waals surface area contributed by atoms with Crippen LogP contribution < -0.4 is 5.32 Å². The van der Waals surface area contributed by atoms with Gasteiger partial charge in [0.15, 0.2) is 0 Å². The molecule has 0 saturated carbocycles. The molecule has 1 amide bonds. The van der Waals surface area contributed by atoms with Crippen molar-refractivity contribution in [3.63, 3.8) is 0 Å². The third kappa shape index (κ3) is 14.1. The molecule has 0 aliphatic carbocycles. The van der Waals surface area contributed by atoms with E-state index in [0.29, 0.717) is 26.1 Å². The maximum absolute atomic E-state index is 13.4. The molecular weight excluding hydrogens is 531 g/mol. The van der Waals surface area contributed by atoms with E-state index in [4.69, 9.17) is 14.2 Å². The Hall–Kier alpha value is -2.29. The predicted octanol–water partition coefficient (Wildman–Crippen LogP) is 6.01. The van der Waals surface area contributed by atoms with E-state index < -0.39 is 27.7 Å². The van der Waals surface area contributed by atoms with E-state index in [1.807, 2.05) is 43.3 Å². The molecule has 2 aromatic rings. The van der Waals surface area contributed by atoms with Gasteiger partial charge in [-0.05, 0) is 30.5 Å². The highest BCUT2D eigenvalue weighted by Crippen LogP contribution is 2.47. The van der Waals surface area contributed by atoms with E-state index in [2.05, 4.69) is 54.1 Å². The van der Waals surface area contributed by atoms with Crippen LogP contribution in [0.2, 0.25) is 25.7 Å². The van der Waals surface area contributed by atoms with Crippen molar-refractivity contribution in [2.45, 2.75) is 77.1 Å². The first-order chi connectivity index (χ1) is 18.3. The van der Waals surface area contributed by atoms with Crippen molar-refractivity contribution in [2.75, 3.05) is 19.8 Å². The van der Waals surface area contributed by atoms with Crippen molar-refractivity contribution < 1.29 is 28.3 Å². The fourth-order valence-corrected chi connectivity index (χ4v) is 6.20. The number of hydrogen-bond acceptors (Lipinski definition) is 6. The molecule has 2 aromatic carbocycles. The van der Waals surface area contributed by atoms with E-state index in [9.17, 15) is 14.2 Å². The Morgan fingerprint density at radius 1 is 0.974 bits per heavy atom. The summed E-state index contributed by atoms with van der Waals surface area (Å²) in [7, 11) is -4.75. The minimum Gasteiger partial charge on any atom is -0.481 e. The molecule has 0 bridgehead atoms. The number of hydrogen-bond donors (Lipinski definition) is 2. The number of nitrogens with zero attached hydrogens (tertiary/aromatic N) is 1. The number of rotatable bonds is 18. The van der Waals surface area contributed by atoms with Gasteiger partial charge in [0.25, 0.3) is 0 Å². The molecule has 0 saturated heterocycles. The zero-order chi connectivity index (χ0) is 28.9. The van der Waals surface area contributed by atoms with Crippen molar-refractivity contribution in [1.29, 1.82) is 0 Å². The summed E-state index contributed by atoms with van der Waals surface area (Å²) in [4.78, 5) is 25.2. The molecule has 3 atom stereocenters. The maximum atomic E-state index is 13.4. The van der Waals surface area contributed by atoms with Crippen molar-refractivity contribution >= 4 is 27.5 Å². The quantitative estimate of drug-likeness (QED) is 0.165. The number of carboxylic acids is 1. The van der Waals surface area contributed by atoms with Gasteiger partial charge in [-0.25, -0.2) is 0 Å². The summed E-state index contributed by atoms with van der Waals surface area (Å²) in [5.41, 5.74) is 2.29. The molecule has 2 N–H and O–H groups in total. The summed E-state index contributed by atoms with van der Waals surface area (Å²) in [6.45, 7) is 12.2. The van der Waals surface area contributed by atoms with Gasteiger partial charge in [0.2, 0.25) is 5.91 Å². The Morgan fingerprint density at radius 3 is 2.00 bits per heavy atom. The number of amides is 1. The minimum atomic E-state index is -3.38. The van der Waals surface area contributed by atoms with Crippen LogP contribution in [-0.4, -0.2) is 61.9 Å². The normalized spacial score (nSPS) is 14.9. The second-order valence-electron chi connectivity index (χ2n) is 11.2. The van der Waals surface area contributed by atoms with Crippen LogP contribution >= 0.6 is 7.60 Å². The van der Waals surface area contributed by atoms with Crippen molar-refractivity contribution in [3.05, 3.63) is 71.8 Å². The average Bonchev–Trinajstić information content (AvgIpc) is 2.86. The lowest BCUT2D eigenvalue weighted by molar-refractivity contribution is -0.138. The number of aliphatic carboxylic acids is 1. The lowest BCUT2D eigenvalue weighted by Crippen LogP contribution is -2.43. The van der Waals surface area contributed by atoms with Crippen LogP contribution in [-0.2, 0) is 36.3 Å². The van der Waals surface area contributed by atoms with Gasteiger partial charge in [0.05, 0.1) is 19.1 Å². The SMILES string of the molecule is C[C@H]([C@@H](CCNC(=O)CCC(=O)O)OP(C)(=O)OCC[Si](C)(C)C)N(Cc1ccccc1)Cc1ccccc1. The first-order valence-corrected chi connectivity index (χ1v) is 19.3. The number of nitrogens with one attached hydrogen (secondary N) is 1. The van der Waals surface area contributed by atoms with Gasteiger partial charge < -0.3 is 19.5 Å². The monoisotopic (exact) mass is 576 g/mol. The highest BCUT2D eigenvalue weighted by atomic mass is 31.2. The fraction of sp³-hybridized carbons (Fsp3) is 0.517. The highest BCUT2D eigenvalue weighted by Gasteiger charge is 2.31. The van der Waals surface area contributed by atoms with E-state index in [1.54, 1.807) is 0 Å². The summed E-state index contributed by atoms with van der Waals surface area (Å²) in [6, 6.07) is 21.0. The Bertz CT molecular complexity index is 1020. The number of carboxylic acid groups (broad SMARTS) is 1. The van der Waals surface area contributed by atoms with Crippen LogP contribution in [0.4, 0.5) is 0 Å². The zero-order valence-electron chi connectivity index (χ0n) is 24.0. The topological polar surface area (TPSA) is 105 Å². The largest absolute Gasteiger partial charge is 0.481 e. The molecule has 0 aliphatic rings. The molecule has 0 fully saturated rings.